The Morgan fingerprint density at radius 3 is 2.22 bits per heavy atom. The minimum atomic E-state index is -0.689. The van der Waals surface area contributed by atoms with Gasteiger partial charge in [-0.2, -0.15) is 0 Å². The zero-order valence-corrected chi connectivity index (χ0v) is 13.2. The molecule has 120 valence electrons. The molecule has 1 unspecified atom stereocenters. The number of rotatable bonds is 5. The molecule has 2 rings (SSSR count). The number of nitrogens with one attached hydrogen (secondary N) is 1. The Kier molecular flexibility index (Phi) is 4.95. The first-order valence-electron chi connectivity index (χ1n) is 7.15. The molecule has 6 heteroatoms. The van der Waals surface area contributed by atoms with Crippen LogP contribution in [-0.2, 0) is 4.79 Å². The van der Waals surface area contributed by atoms with Crippen molar-refractivity contribution in [1.82, 2.24) is 0 Å². The third kappa shape index (κ3) is 4.54. The Labute approximate surface area is 134 Å². The monoisotopic (exact) mass is 314 g/mol. The van der Waals surface area contributed by atoms with Crippen molar-refractivity contribution >= 4 is 17.3 Å². The molecule has 0 radical (unpaired) electrons. The topological polar surface area (TPSA) is 81.5 Å². The fraction of sp³-hybridized carbons (Fsp3) is 0.235. The molecule has 0 aliphatic carbocycles. The molecule has 0 saturated heterocycles. The second kappa shape index (κ2) is 6.91. The smallest absolute Gasteiger partial charge is 0.269 e. The molecule has 1 amide bonds. The Morgan fingerprint density at radius 1 is 1.13 bits per heavy atom. The third-order valence-electron chi connectivity index (χ3n) is 3.22. The lowest BCUT2D eigenvalue weighted by molar-refractivity contribution is -0.384. The third-order valence-corrected chi connectivity index (χ3v) is 3.22. The van der Waals surface area contributed by atoms with Crippen molar-refractivity contribution in [2.45, 2.75) is 26.9 Å². The number of benzene rings is 2. The van der Waals surface area contributed by atoms with Gasteiger partial charge >= 0.3 is 0 Å². The summed E-state index contributed by atoms with van der Waals surface area (Å²) in [6, 6.07) is 11.4. The van der Waals surface area contributed by atoms with Gasteiger partial charge in [-0.3, -0.25) is 14.9 Å². The molecule has 2 aromatic rings. The average molecular weight is 314 g/mol. The lowest BCUT2D eigenvalue weighted by Gasteiger charge is -2.15. The molecule has 0 bridgehead atoms. The van der Waals surface area contributed by atoms with Crippen molar-refractivity contribution in [3.8, 4) is 5.75 Å². The highest BCUT2D eigenvalue weighted by Gasteiger charge is 2.15. The summed E-state index contributed by atoms with van der Waals surface area (Å²) in [6.07, 6.45) is -0.689. The second-order valence-corrected chi connectivity index (χ2v) is 5.38. The molecule has 0 aliphatic rings. The molecule has 1 atom stereocenters. The van der Waals surface area contributed by atoms with Gasteiger partial charge in [-0.1, -0.05) is 6.07 Å². The van der Waals surface area contributed by atoms with Gasteiger partial charge in [0.15, 0.2) is 6.10 Å². The highest BCUT2D eigenvalue weighted by Crippen LogP contribution is 2.19. The van der Waals surface area contributed by atoms with Crippen LogP contribution in [0.15, 0.2) is 42.5 Å². The van der Waals surface area contributed by atoms with Crippen molar-refractivity contribution in [3.05, 3.63) is 63.7 Å². The van der Waals surface area contributed by atoms with Crippen LogP contribution in [0.2, 0.25) is 0 Å². The summed E-state index contributed by atoms with van der Waals surface area (Å²) in [5, 5.41) is 13.3. The first-order valence-corrected chi connectivity index (χ1v) is 7.15. The summed E-state index contributed by atoms with van der Waals surface area (Å²) in [7, 11) is 0. The van der Waals surface area contributed by atoms with E-state index in [0.29, 0.717) is 11.4 Å². The van der Waals surface area contributed by atoms with Crippen LogP contribution in [-0.4, -0.2) is 16.9 Å². The van der Waals surface area contributed by atoms with Gasteiger partial charge in [-0.25, -0.2) is 0 Å². The van der Waals surface area contributed by atoms with Crippen LogP contribution in [0.1, 0.15) is 18.1 Å². The largest absolute Gasteiger partial charge is 0.481 e. The zero-order chi connectivity index (χ0) is 17.0. The van der Waals surface area contributed by atoms with E-state index in [0.717, 1.165) is 11.1 Å². The van der Waals surface area contributed by atoms with E-state index in [1.165, 1.54) is 24.3 Å². The quantitative estimate of drug-likeness (QED) is 0.675. The van der Waals surface area contributed by atoms with Crippen molar-refractivity contribution < 1.29 is 14.5 Å². The summed E-state index contributed by atoms with van der Waals surface area (Å²) in [4.78, 5) is 22.2. The molecule has 1 N–H and O–H groups in total. The van der Waals surface area contributed by atoms with E-state index in [9.17, 15) is 14.9 Å². The van der Waals surface area contributed by atoms with E-state index < -0.39 is 11.0 Å². The van der Waals surface area contributed by atoms with Gasteiger partial charge in [0.05, 0.1) is 4.92 Å². The highest BCUT2D eigenvalue weighted by molar-refractivity contribution is 5.94. The minimum Gasteiger partial charge on any atom is -0.481 e. The fourth-order valence-electron chi connectivity index (χ4n) is 2.17. The summed E-state index contributed by atoms with van der Waals surface area (Å²) in [5.74, 6) is 0.312. The van der Waals surface area contributed by atoms with Crippen molar-refractivity contribution in [2.75, 3.05) is 5.32 Å². The maximum atomic E-state index is 12.1. The number of nitro benzene ring substituents is 1. The number of carbonyl (C=O) groups is 1. The second-order valence-electron chi connectivity index (χ2n) is 5.38. The molecule has 0 heterocycles. The van der Waals surface area contributed by atoms with Gasteiger partial charge in [0, 0.05) is 17.8 Å². The van der Waals surface area contributed by atoms with Gasteiger partial charge in [-0.15, -0.1) is 0 Å². The number of nitrogens with zero attached hydrogens (tertiary/aromatic N) is 1. The van der Waals surface area contributed by atoms with E-state index in [1.807, 2.05) is 32.0 Å². The highest BCUT2D eigenvalue weighted by atomic mass is 16.6. The molecule has 2 aromatic carbocycles. The minimum absolute atomic E-state index is 0.0254. The van der Waals surface area contributed by atoms with Crippen LogP contribution in [0.4, 0.5) is 11.4 Å². The molecule has 0 aliphatic heterocycles. The van der Waals surface area contributed by atoms with E-state index >= 15 is 0 Å². The van der Waals surface area contributed by atoms with Gasteiger partial charge in [0.25, 0.3) is 11.6 Å². The Balaban J connectivity index is 2.00. The molecule has 6 nitrogen and oxygen atoms in total. The lowest BCUT2D eigenvalue weighted by atomic mass is 10.1. The maximum Gasteiger partial charge on any atom is 0.269 e. The normalized spacial score (nSPS) is 11.6. The Morgan fingerprint density at radius 2 is 1.70 bits per heavy atom. The molecule has 0 fully saturated rings. The average Bonchev–Trinajstić information content (AvgIpc) is 2.46. The van der Waals surface area contributed by atoms with E-state index in [2.05, 4.69) is 5.32 Å². The summed E-state index contributed by atoms with van der Waals surface area (Å²) in [5.41, 5.74) is 2.57. The molecule has 23 heavy (non-hydrogen) atoms. The van der Waals surface area contributed by atoms with Crippen LogP contribution in [0.5, 0.6) is 5.75 Å². The predicted octanol–water partition coefficient (Wildman–Crippen LogP) is 3.62. The Hall–Kier alpha value is -2.89. The number of ether oxygens (including phenoxy) is 1. The fourth-order valence-corrected chi connectivity index (χ4v) is 2.17. The molecule has 0 saturated carbocycles. The molecular formula is C17H18N2O4. The van der Waals surface area contributed by atoms with Gasteiger partial charge in [0.1, 0.15) is 5.75 Å². The number of amides is 1. The van der Waals surface area contributed by atoms with Crippen molar-refractivity contribution in [2.24, 2.45) is 0 Å². The zero-order valence-electron chi connectivity index (χ0n) is 13.2. The van der Waals surface area contributed by atoms with Crippen LogP contribution in [0.25, 0.3) is 0 Å². The van der Waals surface area contributed by atoms with Gasteiger partial charge < -0.3 is 10.1 Å². The number of hydrogen-bond donors (Lipinski definition) is 1. The van der Waals surface area contributed by atoms with E-state index in [4.69, 9.17) is 4.74 Å². The maximum absolute atomic E-state index is 12.1. The van der Waals surface area contributed by atoms with E-state index in [-0.39, 0.29) is 11.6 Å². The number of aryl methyl sites for hydroxylation is 2. The van der Waals surface area contributed by atoms with Crippen LogP contribution >= 0.6 is 0 Å². The van der Waals surface area contributed by atoms with E-state index in [1.54, 1.807) is 6.92 Å². The lowest BCUT2D eigenvalue weighted by Crippen LogP contribution is -2.30. The molecule has 0 spiro atoms. The molecular weight excluding hydrogens is 296 g/mol. The van der Waals surface area contributed by atoms with Crippen LogP contribution < -0.4 is 10.1 Å². The number of nitro groups is 1. The first-order chi connectivity index (χ1) is 10.8. The number of carbonyl (C=O) groups excluding carboxylic acids is 1. The van der Waals surface area contributed by atoms with Crippen LogP contribution in [0, 0.1) is 24.0 Å². The summed E-state index contributed by atoms with van der Waals surface area (Å²) < 4.78 is 5.65. The van der Waals surface area contributed by atoms with Gasteiger partial charge in [0.2, 0.25) is 0 Å². The predicted molar refractivity (Wildman–Crippen MR) is 87.7 cm³/mol. The van der Waals surface area contributed by atoms with Crippen LogP contribution in [0.3, 0.4) is 0 Å². The molecule has 0 aromatic heterocycles. The number of anilines is 1. The standard InChI is InChI=1S/C17H18N2O4/c1-11-8-12(2)10-16(9-11)23-13(3)17(20)18-14-4-6-15(7-5-14)19(21)22/h4-10,13H,1-3H3,(H,18,20). The summed E-state index contributed by atoms with van der Waals surface area (Å²) in [6.45, 7) is 5.57. The van der Waals surface area contributed by atoms with Crippen molar-refractivity contribution in [1.29, 1.82) is 0 Å². The van der Waals surface area contributed by atoms with Gasteiger partial charge in [-0.05, 0) is 56.2 Å². The number of hydrogen-bond acceptors (Lipinski definition) is 4. The SMILES string of the molecule is Cc1cc(C)cc(OC(C)C(=O)Nc2ccc([N+](=O)[O-])cc2)c1. The first kappa shape index (κ1) is 16.5. The number of non-ortho nitro benzene ring substituents is 1. The Bertz CT molecular complexity index is 706. The van der Waals surface area contributed by atoms with Crippen molar-refractivity contribution in [3.63, 3.8) is 0 Å². The summed E-state index contributed by atoms with van der Waals surface area (Å²) >= 11 is 0.